The minimum absolute atomic E-state index is 0.0812. The smallest absolute Gasteiger partial charge is 0.349 e. The van der Waals surface area contributed by atoms with Gasteiger partial charge in [0.05, 0.1) is 0 Å². The molecule has 138 valence electrons. The first-order valence-electron chi connectivity index (χ1n) is 7.74. The molecule has 26 heavy (non-hydrogen) atoms. The van der Waals surface area contributed by atoms with Gasteiger partial charge in [0, 0.05) is 15.1 Å². The van der Waals surface area contributed by atoms with E-state index in [1.807, 2.05) is 32.9 Å². The van der Waals surface area contributed by atoms with Crippen LogP contribution in [0.15, 0.2) is 40.9 Å². The van der Waals surface area contributed by atoms with Gasteiger partial charge >= 0.3 is 11.9 Å². The number of benzene rings is 2. The molecule has 2 rings (SSSR count). The zero-order valence-corrected chi connectivity index (χ0v) is 16.8. The Kier molecular flexibility index (Phi) is 6.31. The molecule has 0 saturated carbocycles. The molecule has 0 amide bonds. The highest BCUT2D eigenvalue weighted by atomic mass is 79.9. The van der Waals surface area contributed by atoms with Crippen molar-refractivity contribution < 1.29 is 24.2 Å². The van der Waals surface area contributed by atoms with Crippen LogP contribution in [0.4, 0.5) is 0 Å². The van der Waals surface area contributed by atoms with Crippen LogP contribution in [0.3, 0.4) is 0 Å². The third-order valence-electron chi connectivity index (χ3n) is 3.49. The van der Waals surface area contributed by atoms with Gasteiger partial charge < -0.3 is 14.6 Å². The lowest BCUT2D eigenvalue weighted by Gasteiger charge is -2.23. The molecule has 0 aromatic heterocycles. The van der Waals surface area contributed by atoms with Crippen molar-refractivity contribution in [3.05, 3.63) is 57.0 Å². The molecular weight excluding hydrogens is 424 g/mol. The van der Waals surface area contributed by atoms with Crippen LogP contribution in [0.25, 0.3) is 0 Å². The van der Waals surface area contributed by atoms with E-state index in [0.29, 0.717) is 5.75 Å². The lowest BCUT2D eigenvalue weighted by atomic mass is 9.86. The highest BCUT2D eigenvalue weighted by Gasteiger charge is 2.21. The van der Waals surface area contributed by atoms with E-state index < -0.39 is 11.9 Å². The first-order valence-corrected chi connectivity index (χ1v) is 8.91. The van der Waals surface area contributed by atoms with Gasteiger partial charge in [0.15, 0.2) is 6.61 Å². The fraction of sp³-hybridized carbons (Fsp3) is 0.263. The summed E-state index contributed by atoms with van der Waals surface area (Å²) < 4.78 is 11.6. The van der Waals surface area contributed by atoms with E-state index in [1.165, 1.54) is 18.2 Å². The van der Waals surface area contributed by atoms with Crippen LogP contribution in [-0.4, -0.2) is 23.7 Å². The molecule has 2 aromatic carbocycles. The first kappa shape index (κ1) is 20.3. The molecule has 0 aliphatic heterocycles. The van der Waals surface area contributed by atoms with Crippen LogP contribution in [0.5, 0.6) is 11.5 Å². The Morgan fingerprint density at radius 2 is 1.77 bits per heavy atom. The third-order valence-corrected chi connectivity index (χ3v) is 4.22. The SMILES string of the molecule is CC(C)(C)c1cc(Br)ccc1OCC(=O)Oc1ccc(Cl)cc1C(=O)O. The zero-order chi connectivity index (χ0) is 19.5. The minimum Gasteiger partial charge on any atom is -0.482 e. The van der Waals surface area contributed by atoms with E-state index in [2.05, 4.69) is 15.9 Å². The summed E-state index contributed by atoms with van der Waals surface area (Å²) in [4.78, 5) is 23.3. The van der Waals surface area contributed by atoms with Gasteiger partial charge in [-0.25, -0.2) is 9.59 Å². The van der Waals surface area contributed by atoms with Gasteiger partial charge in [-0.05, 0) is 41.8 Å². The normalized spacial score (nSPS) is 11.1. The maximum Gasteiger partial charge on any atom is 0.349 e. The zero-order valence-electron chi connectivity index (χ0n) is 14.5. The van der Waals surface area contributed by atoms with Crippen LogP contribution < -0.4 is 9.47 Å². The quantitative estimate of drug-likeness (QED) is 0.517. The summed E-state index contributed by atoms with van der Waals surface area (Å²) in [7, 11) is 0. The number of carbonyl (C=O) groups excluding carboxylic acids is 1. The maximum absolute atomic E-state index is 12.1. The number of halogens is 2. The largest absolute Gasteiger partial charge is 0.482 e. The van der Waals surface area contributed by atoms with Crippen LogP contribution in [0, 0.1) is 0 Å². The topological polar surface area (TPSA) is 72.8 Å². The molecule has 0 atom stereocenters. The van der Waals surface area contributed by atoms with E-state index in [9.17, 15) is 14.7 Å². The number of ether oxygens (including phenoxy) is 2. The lowest BCUT2D eigenvalue weighted by molar-refractivity contribution is -0.136. The summed E-state index contributed by atoms with van der Waals surface area (Å²) in [5, 5.41) is 9.42. The van der Waals surface area contributed by atoms with Gasteiger partial charge in [0.25, 0.3) is 0 Å². The number of esters is 1. The molecule has 7 heteroatoms. The minimum atomic E-state index is -1.24. The van der Waals surface area contributed by atoms with E-state index in [1.54, 1.807) is 6.07 Å². The van der Waals surface area contributed by atoms with Crippen molar-refractivity contribution in [2.75, 3.05) is 6.61 Å². The van der Waals surface area contributed by atoms with Gasteiger partial charge in [-0.15, -0.1) is 0 Å². The van der Waals surface area contributed by atoms with Crippen LogP contribution in [0.2, 0.25) is 5.02 Å². The van der Waals surface area contributed by atoms with Crippen LogP contribution >= 0.6 is 27.5 Å². The predicted octanol–water partition coefficient (Wildman–Crippen LogP) is 5.08. The van der Waals surface area contributed by atoms with Crippen molar-refractivity contribution in [2.24, 2.45) is 0 Å². The van der Waals surface area contributed by atoms with E-state index in [-0.39, 0.29) is 28.4 Å². The average molecular weight is 442 g/mol. The standard InChI is InChI=1S/C19H18BrClO5/c1-19(2,3)14-8-11(20)4-6-16(14)25-10-17(22)26-15-7-5-12(21)9-13(15)18(23)24/h4-9H,10H2,1-3H3,(H,23,24). The summed E-state index contributed by atoms with van der Waals surface area (Å²) >= 11 is 9.21. The second-order valence-electron chi connectivity index (χ2n) is 6.60. The molecule has 0 heterocycles. The fourth-order valence-corrected chi connectivity index (χ4v) is 2.79. The van der Waals surface area contributed by atoms with Gasteiger partial charge in [-0.2, -0.15) is 0 Å². The molecule has 0 saturated heterocycles. The molecule has 2 aromatic rings. The van der Waals surface area contributed by atoms with Gasteiger partial charge in [0.2, 0.25) is 0 Å². The molecule has 0 spiro atoms. The Morgan fingerprint density at radius 3 is 2.38 bits per heavy atom. The number of carboxylic acids is 1. The number of hydrogen-bond acceptors (Lipinski definition) is 4. The summed E-state index contributed by atoms with van der Waals surface area (Å²) in [6, 6.07) is 9.52. The molecule has 1 N–H and O–H groups in total. The molecular formula is C19H18BrClO5. The number of carboxylic acid groups (broad SMARTS) is 1. The fourth-order valence-electron chi connectivity index (χ4n) is 2.26. The summed E-state index contributed by atoms with van der Waals surface area (Å²) in [6.07, 6.45) is 0. The Labute approximate surface area is 165 Å². The number of hydrogen-bond donors (Lipinski definition) is 1. The molecule has 0 aliphatic carbocycles. The van der Waals surface area contributed by atoms with E-state index >= 15 is 0 Å². The monoisotopic (exact) mass is 440 g/mol. The predicted molar refractivity (Wildman–Crippen MR) is 102 cm³/mol. The summed E-state index contributed by atoms with van der Waals surface area (Å²) in [5.41, 5.74) is 0.553. The molecule has 5 nitrogen and oxygen atoms in total. The van der Waals surface area contributed by atoms with Crippen LogP contribution in [-0.2, 0) is 10.2 Å². The van der Waals surface area contributed by atoms with Crippen molar-refractivity contribution in [2.45, 2.75) is 26.2 Å². The third kappa shape index (κ3) is 5.22. The van der Waals surface area contributed by atoms with Crippen molar-refractivity contribution in [3.8, 4) is 11.5 Å². The molecule has 0 unspecified atom stereocenters. The Morgan fingerprint density at radius 1 is 1.12 bits per heavy atom. The first-order chi connectivity index (χ1) is 12.1. The molecule has 0 aliphatic rings. The second kappa shape index (κ2) is 8.10. The summed E-state index contributed by atoms with van der Waals surface area (Å²) in [5.74, 6) is -1.47. The van der Waals surface area contributed by atoms with Crippen LogP contribution in [0.1, 0.15) is 36.7 Å². The average Bonchev–Trinajstić information content (AvgIpc) is 2.54. The Hall–Kier alpha value is -2.05. The van der Waals surface area contributed by atoms with Crippen molar-refractivity contribution >= 4 is 39.5 Å². The highest BCUT2D eigenvalue weighted by molar-refractivity contribution is 9.10. The Bertz CT molecular complexity index is 842. The molecule has 0 radical (unpaired) electrons. The van der Waals surface area contributed by atoms with E-state index in [0.717, 1.165) is 10.0 Å². The number of rotatable bonds is 5. The highest BCUT2D eigenvalue weighted by Crippen LogP contribution is 2.33. The molecule has 0 fully saturated rings. The number of aromatic carboxylic acids is 1. The Balaban J connectivity index is 2.13. The van der Waals surface area contributed by atoms with Gasteiger partial charge in [-0.3, -0.25) is 0 Å². The van der Waals surface area contributed by atoms with Crippen molar-refractivity contribution in [1.29, 1.82) is 0 Å². The van der Waals surface area contributed by atoms with Gasteiger partial charge in [-0.1, -0.05) is 48.3 Å². The van der Waals surface area contributed by atoms with E-state index in [4.69, 9.17) is 21.1 Å². The summed E-state index contributed by atoms with van der Waals surface area (Å²) in [6.45, 7) is 5.75. The van der Waals surface area contributed by atoms with Gasteiger partial charge in [0.1, 0.15) is 17.1 Å². The maximum atomic E-state index is 12.1. The second-order valence-corrected chi connectivity index (χ2v) is 7.95. The van der Waals surface area contributed by atoms with Crippen molar-refractivity contribution in [1.82, 2.24) is 0 Å². The van der Waals surface area contributed by atoms with Crippen molar-refractivity contribution in [3.63, 3.8) is 0 Å². The molecule has 0 bridgehead atoms. The number of carbonyl (C=O) groups is 2. The lowest BCUT2D eigenvalue weighted by Crippen LogP contribution is -2.21.